The van der Waals surface area contributed by atoms with Crippen LogP contribution in [-0.2, 0) is 4.79 Å². The average molecular weight is 275 g/mol. The van der Waals surface area contributed by atoms with E-state index in [9.17, 15) is 4.79 Å². The number of carbonyl (C=O) groups is 1. The second-order valence-corrected chi connectivity index (χ2v) is 6.88. The molecule has 0 saturated carbocycles. The molecule has 2 atom stereocenters. The lowest BCUT2D eigenvalue weighted by Gasteiger charge is -2.24. The number of hydrogen-bond donors (Lipinski definition) is 0. The topological polar surface area (TPSA) is 20.3 Å². The van der Waals surface area contributed by atoms with Crippen molar-refractivity contribution in [1.29, 1.82) is 0 Å². The molecule has 0 spiro atoms. The van der Waals surface area contributed by atoms with Crippen molar-refractivity contribution in [2.45, 2.75) is 37.0 Å². The average Bonchev–Trinajstić information content (AvgIpc) is 2.76. The summed E-state index contributed by atoms with van der Waals surface area (Å²) >= 11 is 1.93. The normalized spacial score (nSPS) is 27.2. The summed E-state index contributed by atoms with van der Waals surface area (Å²) in [6.45, 7) is 4.12. The van der Waals surface area contributed by atoms with Gasteiger partial charge in [-0.3, -0.25) is 4.79 Å². The van der Waals surface area contributed by atoms with E-state index < -0.39 is 0 Å². The van der Waals surface area contributed by atoms with E-state index >= 15 is 0 Å². The summed E-state index contributed by atoms with van der Waals surface area (Å²) in [7, 11) is 0. The molecule has 0 aromatic heterocycles. The lowest BCUT2D eigenvalue weighted by Crippen LogP contribution is -2.34. The van der Waals surface area contributed by atoms with Crippen LogP contribution in [0.2, 0.25) is 0 Å². The Morgan fingerprint density at radius 3 is 3.05 bits per heavy atom. The third-order valence-corrected chi connectivity index (χ3v) is 5.59. The van der Waals surface area contributed by atoms with Crippen molar-refractivity contribution in [3.63, 3.8) is 0 Å². The van der Waals surface area contributed by atoms with Crippen molar-refractivity contribution in [3.05, 3.63) is 29.8 Å². The first-order valence-electron chi connectivity index (χ1n) is 7.23. The van der Waals surface area contributed by atoms with E-state index in [2.05, 4.69) is 36.1 Å². The SMILES string of the molecule is CC1CCC(=O)N(CC2CSc3ccccc32)CC1. The highest BCUT2D eigenvalue weighted by Gasteiger charge is 2.28. The van der Waals surface area contributed by atoms with Crippen LogP contribution in [0.5, 0.6) is 0 Å². The molecule has 2 aliphatic heterocycles. The maximum atomic E-state index is 12.2. The third kappa shape index (κ3) is 2.81. The molecule has 1 aromatic rings. The van der Waals surface area contributed by atoms with Gasteiger partial charge in [-0.05, 0) is 30.4 Å². The highest BCUT2D eigenvalue weighted by molar-refractivity contribution is 7.99. The predicted octanol–water partition coefficient (Wildman–Crippen LogP) is 3.52. The largest absolute Gasteiger partial charge is 0.342 e. The van der Waals surface area contributed by atoms with Crippen LogP contribution in [0, 0.1) is 5.92 Å². The number of carbonyl (C=O) groups excluding carboxylic acids is 1. The van der Waals surface area contributed by atoms with Gasteiger partial charge in [0.1, 0.15) is 0 Å². The monoisotopic (exact) mass is 275 g/mol. The fraction of sp³-hybridized carbons (Fsp3) is 0.562. The van der Waals surface area contributed by atoms with E-state index in [0.717, 1.165) is 38.1 Å². The molecule has 3 heteroatoms. The van der Waals surface area contributed by atoms with Crippen LogP contribution in [0.1, 0.15) is 37.7 Å². The fourth-order valence-corrected chi connectivity index (χ4v) is 4.25. The molecule has 2 aliphatic rings. The van der Waals surface area contributed by atoms with Crippen molar-refractivity contribution in [2.24, 2.45) is 5.92 Å². The minimum Gasteiger partial charge on any atom is -0.342 e. The Morgan fingerprint density at radius 2 is 2.16 bits per heavy atom. The molecule has 102 valence electrons. The predicted molar refractivity (Wildman–Crippen MR) is 79.5 cm³/mol. The van der Waals surface area contributed by atoms with Crippen LogP contribution in [0.4, 0.5) is 0 Å². The quantitative estimate of drug-likeness (QED) is 0.823. The number of fused-ring (bicyclic) bond motifs is 1. The van der Waals surface area contributed by atoms with Crippen LogP contribution >= 0.6 is 11.8 Å². The second kappa shape index (κ2) is 5.58. The van der Waals surface area contributed by atoms with Crippen molar-refractivity contribution in [2.75, 3.05) is 18.8 Å². The standard InChI is InChI=1S/C16H21NOS/c1-12-6-7-16(18)17(9-8-12)10-13-11-19-15-5-3-2-4-14(13)15/h2-5,12-13H,6-11H2,1H3. The van der Waals surface area contributed by atoms with Gasteiger partial charge < -0.3 is 4.90 Å². The zero-order valence-electron chi connectivity index (χ0n) is 11.5. The number of benzene rings is 1. The Kier molecular flexibility index (Phi) is 3.83. The van der Waals surface area contributed by atoms with Crippen LogP contribution in [-0.4, -0.2) is 29.6 Å². The van der Waals surface area contributed by atoms with Crippen molar-refractivity contribution >= 4 is 17.7 Å². The van der Waals surface area contributed by atoms with E-state index in [-0.39, 0.29) is 0 Å². The van der Waals surface area contributed by atoms with Crippen LogP contribution < -0.4 is 0 Å². The zero-order valence-corrected chi connectivity index (χ0v) is 12.3. The molecule has 2 heterocycles. The van der Waals surface area contributed by atoms with Crippen molar-refractivity contribution in [1.82, 2.24) is 4.90 Å². The first kappa shape index (κ1) is 13.0. The van der Waals surface area contributed by atoms with Gasteiger partial charge in [0, 0.05) is 36.1 Å². The first-order chi connectivity index (χ1) is 9.24. The molecular formula is C16H21NOS. The van der Waals surface area contributed by atoms with Crippen LogP contribution in [0.25, 0.3) is 0 Å². The molecule has 0 N–H and O–H groups in total. The second-order valence-electron chi connectivity index (χ2n) is 5.82. The molecule has 2 nitrogen and oxygen atoms in total. The molecule has 0 bridgehead atoms. The summed E-state index contributed by atoms with van der Waals surface area (Å²) in [4.78, 5) is 15.7. The molecule has 3 rings (SSSR count). The summed E-state index contributed by atoms with van der Waals surface area (Å²) < 4.78 is 0. The van der Waals surface area contributed by atoms with Crippen LogP contribution in [0.3, 0.4) is 0 Å². The molecule has 0 aliphatic carbocycles. The summed E-state index contributed by atoms with van der Waals surface area (Å²) in [6.07, 6.45) is 2.96. The Hall–Kier alpha value is -0.960. The van der Waals surface area contributed by atoms with Crippen molar-refractivity contribution in [3.8, 4) is 0 Å². The summed E-state index contributed by atoms with van der Waals surface area (Å²) in [6, 6.07) is 8.65. The molecule has 1 aromatic carbocycles. The number of rotatable bonds is 2. The third-order valence-electron chi connectivity index (χ3n) is 4.34. The summed E-state index contributed by atoms with van der Waals surface area (Å²) in [5.41, 5.74) is 1.44. The first-order valence-corrected chi connectivity index (χ1v) is 8.22. The Morgan fingerprint density at radius 1 is 1.32 bits per heavy atom. The molecule has 1 fully saturated rings. The molecule has 2 unspecified atom stereocenters. The van der Waals surface area contributed by atoms with Crippen LogP contribution in [0.15, 0.2) is 29.2 Å². The zero-order chi connectivity index (χ0) is 13.2. The number of nitrogens with zero attached hydrogens (tertiary/aromatic N) is 1. The maximum Gasteiger partial charge on any atom is 0.222 e. The Balaban J connectivity index is 1.70. The highest BCUT2D eigenvalue weighted by atomic mass is 32.2. The van der Waals surface area contributed by atoms with Gasteiger partial charge in [0.25, 0.3) is 0 Å². The van der Waals surface area contributed by atoms with Gasteiger partial charge >= 0.3 is 0 Å². The molecule has 1 saturated heterocycles. The van der Waals surface area contributed by atoms with E-state index in [1.54, 1.807) is 0 Å². The van der Waals surface area contributed by atoms with E-state index in [1.807, 2.05) is 11.8 Å². The van der Waals surface area contributed by atoms with Gasteiger partial charge in [-0.15, -0.1) is 11.8 Å². The highest BCUT2D eigenvalue weighted by Crippen LogP contribution is 2.39. The van der Waals surface area contributed by atoms with Gasteiger partial charge in [0.05, 0.1) is 0 Å². The van der Waals surface area contributed by atoms with Gasteiger partial charge in [-0.25, -0.2) is 0 Å². The molecular weight excluding hydrogens is 254 g/mol. The van der Waals surface area contributed by atoms with Gasteiger partial charge in [-0.2, -0.15) is 0 Å². The number of hydrogen-bond acceptors (Lipinski definition) is 2. The number of amides is 1. The molecule has 0 radical (unpaired) electrons. The maximum absolute atomic E-state index is 12.2. The lowest BCUT2D eigenvalue weighted by atomic mass is 10.0. The van der Waals surface area contributed by atoms with E-state index in [4.69, 9.17) is 0 Å². The van der Waals surface area contributed by atoms with Gasteiger partial charge in [0.15, 0.2) is 0 Å². The van der Waals surface area contributed by atoms with E-state index in [0.29, 0.717) is 17.7 Å². The fourth-order valence-electron chi connectivity index (χ4n) is 3.01. The Bertz CT molecular complexity index is 474. The summed E-state index contributed by atoms with van der Waals surface area (Å²) in [5, 5.41) is 0. The summed E-state index contributed by atoms with van der Waals surface area (Å²) in [5.74, 6) is 2.70. The molecule has 19 heavy (non-hydrogen) atoms. The number of thioether (sulfide) groups is 1. The smallest absolute Gasteiger partial charge is 0.222 e. The van der Waals surface area contributed by atoms with E-state index in [1.165, 1.54) is 10.5 Å². The minimum absolute atomic E-state index is 0.360. The minimum atomic E-state index is 0.360. The van der Waals surface area contributed by atoms with Crippen molar-refractivity contribution < 1.29 is 4.79 Å². The molecule has 1 amide bonds. The van der Waals surface area contributed by atoms with Gasteiger partial charge in [-0.1, -0.05) is 25.1 Å². The Labute approximate surface area is 119 Å². The van der Waals surface area contributed by atoms with Gasteiger partial charge in [0.2, 0.25) is 5.91 Å². The number of likely N-dealkylation sites (tertiary alicyclic amines) is 1. The lowest BCUT2D eigenvalue weighted by molar-refractivity contribution is -0.130.